The van der Waals surface area contributed by atoms with Gasteiger partial charge in [-0.25, -0.2) is 0 Å². The number of carbonyl (C=O) groups is 2. The van der Waals surface area contributed by atoms with Crippen LogP contribution in [0.5, 0.6) is 0 Å². The van der Waals surface area contributed by atoms with E-state index in [1.807, 2.05) is 25.7 Å². The highest BCUT2D eigenvalue weighted by Crippen LogP contribution is 2.10. The van der Waals surface area contributed by atoms with Crippen molar-refractivity contribution >= 4 is 11.8 Å². The standard InChI is InChI=1S/C12H22N2O2/c1-12(2,3)13-10(15)6-4-8-14-9-5-7-11(14)16/h4-9H2,1-3H3,(H,13,15). The van der Waals surface area contributed by atoms with Gasteiger partial charge in [-0.05, 0) is 33.6 Å². The Hall–Kier alpha value is -1.06. The molecular weight excluding hydrogens is 204 g/mol. The number of nitrogens with one attached hydrogen (secondary N) is 1. The zero-order valence-electron chi connectivity index (χ0n) is 10.5. The molecule has 1 rings (SSSR count). The molecule has 1 aliphatic heterocycles. The first kappa shape index (κ1) is 13.0. The molecule has 1 N–H and O–H groups in total. The van der Waals surface area contributed by atoms with E-state index in [0.29, 0.717) is 12.8 Å². The number of amides is 2. The molecular formula is C12H22N2O2. The molecule has 0 aromatic carbocycles. The van der Waals surface area contributed by atoms with Crippen LogP contribution in [-0.2, 0) is 9.59 Å². The summed E-state index contributed by atoms with van der Waals surface area (Å²) >= 11 is 0. The fourth-order valence-corrected chi connectivity index (χ4v) is 1.85. The minimum atomic E-state index is -0.166. The number of carbonyl (C=O) groups excluding carboxylic acids is 2. The summed E-state index contributed by atoms with van der Waals surface area (Å²) in [5, 5.41) is 2.91. The molecule has 0 radical (unpaired) electrons. The third kappa shape index (κ3) is 4.64. The second-order valence-corrected chi connectivity index (χ2v) is 5.39. The highest BCUT2D eigenvalue weighted by Gasteiger charge is 2.20. The highest BCUT2D eigenvalue weighted by molar-refractivity contribution is 5.78. The van der Waals surface area contributed by atoms with Crippen molar-refractivity contribution in [2.24, 2.45) is 0 Å². The molecule has 16 heavy (non-hydrogen) atoms. The molecule has 0 bridgehead atoms. The van der Waals surface area contributed by atoms with Gasteiger partial charge in [0.25, 0.3) is 0 Å². The number of rotatable bonds is 4. The molecule has 1 aliphatic rings. The number of hydrogen-bond acceptors (Lipinski definition) is 2. The van der Waals surface area contributed by atoms with Gasteiger partial charge >= 0.3 is 0 Å². The van der Waals surface area contributed by atoms with Crippen molar-refractivity contribution < 1.29 is 9.59 Å². The molecule has 0 aromatic rings. The van der Waals surface area contributed by atoms with Gasteiger partial charge in [0, 0.05) is 31.5 Å². The molecule has 0 unspecified atom stereocenters. The maximum Gasteiger partial charge on any atom is 0.222 e. The normalized spacial score (nSPS) is 16.7. The summed E-state index contributed by atoms with van der Waals surface area (Å²) in [5.74, 6) is 0.301. The van der Waals surface area contributed by atoms with Gasteiger partial charge in [-0.15, -0.1) is 0 Å². The summed E-state index contributed by atoms with van der Waals surface area (Å²) < 4.78 is 0. The van der Waals surface area contributed by atoms with Crippen molar-refractivity contribution in [1.82, 2.24) is 10.2 Å². The van der Waals surface area contributed by atoms with Crippen LogP contribution in [0.25, 0.3) is 0 Å². The molecule has 4 nitrogen and oxygen atoms in total. The van der Waals surface area contributed by atoms with Crippen molar-refractivity contribution in [3.8, 4) is 0 Å². The van der Waals surface area contributed by atoms with Gasteiger partial charge in [0.05, 0.1) is 0 Å². The van der Waals surface area contributed by atoms with Crippen molar-refractivity contribution in [3.05, 3.63) is 0 Å². The van der Waals surface area contributed by atoms with Crippen LogP contribution >= 0.6 is 0 Å². The Morgan fingerprint density at radius 1 is 1.44 bits per heavy atom. The fraction of sp³-hybridized carbons (Fsp3) is 0.833. The minimum absolute atomic E-state index is 0.0687. The molecule has 92 valence electrons. The number of likely N-dealkylation sites (tertiary alicyclic amines) is 1. The van der Waals surface area contributed by atoms with Crippen LogP contribution in [0.3, 0.4) is 0 Å². The van der Waals surface area contributed by atoms with E-state index in [2.05, 4.69) is 5.32 Å². The lowest BCUT2D eigenvalue weighted by Crippen LogP contribution is -2.40. The maximum atomic E-state index is 11.5. The molecule has 0 saturated carbocycles. The summed E-state index contributed by atoms with van der Waals surface area (Å²) in [6, 6.07) is 0. The van der Waals surface area contributed by atoms with Crippen molar-refractivity contribution in [3.63, 3.8) is 0 Å². The second-order valence-electron chi connectivity index (χ2n) is 5.39. The van der Waals surface area contributed by atoms with E-state index >= 15 is 0 Å². The predicted octanol–water partition coefficient (Wildman–Crippen LogP) is 1.30. The van der Waals surface area contributed by atoms with Crippen LogP contribution in [0.15, 0.2) is 0 Å². The van der Waals surface area contributed by atoms with E-state index in [0.717, 1.165) is 25.9 Å². The summed E-state index contributed by atoms with van der Waals surface area (Å²) in [4.78, 5) is 24.7. The molecule has 1 fully saturated rings. The first-order valence-corrected chi connectivity index (χ1v) is 5.97. The van der Waals surface area contributed by atoms with Crippen LogP contribution in [0.1, 0.15) is 46.5 Å². The van der Waals surface area contributed by atoms with Crippen LogP contribution < -0.4 is 5.32 Å². The van der Waals surface area contributed by atoms with Crippen molar-refractivity contribution in [2.45, 2.75) is 52.0 Å². The first-order chi connectivity index (χ1) is 7.38. The quantitative estimate of drug-likeness (QED) is 0.785. The van der Waals surface area contributed by atoms with Gasteiger partial charge in [0.1, 0.15) is 0 Å². The van der Waals surface area contributed by atoms with Crippen LogP contribution in [-0.4, -0.2) is 35.3 Å². The smallest absolute Gasteiger partial charge is 0.222 e. The van der Waals surface area contributed by atoms with Gasteiger partial charge in [-0.2, -0.15) is 0 Å². The van der Waals surface area contributed by atoms with Gasteiger partial charge in [0.15, 0.2) is 0 Å². The Balaban J connectivity index is 2.15. The topological polar surface area (TPSA) is 49.4 Å². The summed E-state index contributed by atoms with van der Waals surface area (Å²) in [7, 11) is 0. The maximum absolute atomic E-state index is 11.5. The van der Waals surface area contributed by atoms with Crippen LogP contribution in [0.2, 0.25) is 0 Å². The Kier molecular flexibility index (Phi) is 4.33. The Bertz CT molecular complexity index is 269. The monoisotopic (exact) mass is 226 g/mol. The lowest BCUT2D eigenvalue weighted by atomic mass is 10.1. The average Bonchev–Trinajstić information content (AvgIpc) is 2.48. The lowest BCUT2D eigenvalue weighted by Gasteiger charge is -2.21. The predicted molar refractivity (Wildman–Crippen MR) is 62.9 cm³/mol. The highest BCUT2D eigenvalue weighted by atomic mass is 16.2. The van der Waals surface area contributed by atoms with E-state index in [1.54, 1.807) is 0 Å². The SMILES string of the molecule is CC(C)(C)NC(=O)CCCN1CCCC1=O. The van der Waals surface area contributed by atoms with Gasteiger partial charge < -0.3 is 10.2 Å². The molecule has 1 saturated heterocycles. The van der Waals surface area contributed by atoms with E-state index in [4.69, 9.17) is 0 Å². The van der Waals surface area contributed by atoms with E-state index < -0.39 is 0 Å². The van der Waals surface area contributed by atoms with Crippen LogP contribution in [0.4, 0.5) is 0 Å². The Labute approximate surface area is 97.4 Å². The minimum Gasteiger partial charge on any atom is -0.352 e. The lowest BCUT2D eigenvalue weighted by molar-refractivity contribution is -0.128. The van der Waals surface area contributed by atoms with Gasteiger partial charge in [0.2, 0.25) is 11.8 Å². The van der Waals surface area contributed by atoms with Crippen LogP contribution in [0, 0.1) is 0 Å². The van der Waals surface area contributed by atoms with Crippen molar-refractivity contribution in [1.29, 1.82) is 0 Å². The average molecular weight is 226 g/mol. The molecule has 1 heterocycles. The fourth-order valence-electron chi connectivity index (χ4n) is 1.85. The Morgan fingerprint density at radius 3 is 2.62 bits per heavy atom. The van der Waals surface area contributed by atoms with Crippen molar-refractivity contribution in [2.75, 3.05) is 13.1 Å². The van der Waals surface area contributed by atoms with Gasteiger partial charge in [-0.3, -0.25) is 9.59 Å². The molecule has 0 aromatic heterocycles. The molecule has 0 aliphatic carbocycles. The van der Waals surface area contributed by atoms with Gasteiger partial charge in [-0.1, -0.05) is 0 Å². The van der Waals surface area contributed by atoms with E-state index in [9.17, 15) is 9.59 Å². The third-order valence-electron chi connectivity index (χ3n) is 2.52. The Morgan fingerprint density at radius 2 is 2.12 bits per heavy atom. The zero-order chi connectivity index (χ0) is 12.2. The first-order valence-electron chi connectivity index (χ1n) is 5.97. The third-order valence-corrected chi connectivity index (χ3v) is 2.52. The largest absolute Gasteiger partial charge is 0.352 e. The summed E-state index contributed by atoms with van der Waals surface area (Å²) in [6.07, 6.45) is 2.90. The molecule has 0 atom stereocenters. The van der Waals surface area contributed by atoms with E-state index in [1.165, 1.54) is 0 Å². The number of nitrogens with zero attached hydrogens (tertiary/aromatic N) is 1. The summed E-state index contributed by atoms with van der Waals surface area (Å²) in [6.45, 7) is 7.48. The summed E-state index contributed by atoms with van der Waals surface area (Å²) in [5.41, 5.74) is -0.166. The van der Waals surface area contributed by atoms with E-state index in [-0.39, 0.29) is 17.4 Å². The second kappa shape index (κ2) is 5.32. The molecule has 2 amide bonds. The molecule has 0 spiro atoms. The number of hydrogen-bond donors (Lipinski definition) is 1. The molecule has 4 heteroatoms. The zero-order valence-corrected chi connectivity index (χ0v) is 10.5.